The third-order valence-corrected chi connectivity index (χ3v) is 5.07. The molecule has 8 heteroatoms. The molecule has 0 aliphatic heterocycles. The minimum atomic E-state index is -0.989. The van der Waals surface area contributed by atoms with Crippen LogP contribution in [0.15, 0.2) is 46.4 Å². The van der Waals surface area contributed by atoms with Gasteiger partial charge in [-0.1, -0.05) is 12.2 Å². The topological polar surface area (TPSA) is 109 Å². The van der Waals surface area contributed by atoms with E-state index in [-0.39, 0.29) is 18.4 Å². The molecule has 2 atom stereocenters. The highest BCUT2D eigenvalue weighted by atomic mass is 32.1. The van der Waals surface area contributed by atoms with Crippen LogP contribution in [0.2, 0.25) is 0 Å². The van der Waals surface area contributed by atoms with E-state index in [2.05, 4.69) is 10.6 Å². The van der Waals surface area contributed by atoms with Gasteiger partial charge in [-0.05, 0) is 36.4 Å². The molecule has 1 aliphatic carbocycles. The second kappa shape index (κ2) is 8.01. The van der Waals surface area contributed by atoms with E-state index in [9.17, 15) is 19.5 Å². The molecule has 0 aromatic carbocycles. The van der Waals surface area contributed by atoms with Crippen LogP contribution in [0.3, 0.4) is 0 Å². The Hall–Kier alpha value is -2.87. The summed E-state index contributed by atoms with van der Waals surface area (Å²) >= 11 is 1.22. The largest absolute Gasteiger partial charge is 0.481 e. The number of carbonyl (C=O) groups excluding carboxylic acids is 2. The van der Waals surface area contributed by atoms with Crippen molar-refractivity contribution in [2.45, 2.75) is 19.4 Å². The average molecular weight is 374 g/mol. The van der Waals surface area contributed by atoms with Gasteiger partial charge in [-0.25, -0.2) is 0 Å². The zero-order valence-corrected chi connectivity index (χ0v) is 14.6. The summed E-state index contributed by atoms with van der Waals surface area (Å²) in [4.78, 5) is 36.3. The van der Waals surface area contributed by atoms with Crippen molar-refractivity contribution in [1.29, 1.82) is 0 Å². The predicted octanol–water partition coefficient (Wildman–Crippen LogP) is 2.88. The molecule has 3 N–H and O–H groups in total. The van der Waals surface area contributed by atoms with Crippen molar-refractivity contribution in [2.75, 3.05) is 5.32 Å². The van der Waals surface area contributed by atoms with E-state index in [0.29, 0.717) is 29.2 Å². The number of hydrogen-bond donors (Lipinski definition) is 3. The minimum Gasteiger partial charge on any atom is -0.481 e. The van der Waals surface area contributed by atoms with Gasteiger partial charge in [-0.3, -0.25) is 14.4 Å². The summed E-state index contributed by atoms with van der Waals surface area (Å²) in [5.41, 5.74) is 0.341. The second-order valence-corrected chi connectivity index (χ2v) is 6.82. The van der Waals surface area contributed by atoms with Crippen molar-refractivity contribution < 1.29 is 23.9 Å². The Bertz CT molecular complexity index is 825. The van der Waals surface area contributed by atoms with E-state index >= 15 is 0 Å². The summed E-state index contributed by atoms with van der Waals surface area (Å²) in [6, 6.07) is 5.10. The highest BCUT2D eigenvalue weighted by molar-refractivity contribution is 7.14. The lowest BCUT2D eigenvalue weighted by molar-refractivity contribution is -0.146. The Morgan fingerprint density at radius 3 is 2.65 bits per heavy atom. The number of amides is 2. The van der Waals surface area contributed by atoms with Crippen LogP contribution in [0.4, 0.5) is 5.00 Å². The third kappa shape index (κ3) is 4.02. The summed E-state index contributed by atoms with van der Waals surface area (Å²) in [5.74, 6) is -2.50. The van der Waals surface area contributed by atoms with Crippen molar-refractivity contribution in [3.05, 3.63) is 53.3 Å². The van der Waals surface area contributed by atoms with Crippen molar-refractivity contribution in [2.24, 2.45) is 11.8 Å². The van der Waals surface area contributed by atoms with E-state index in [1.165, 1.54) is 17.6 Å². The number of thiophene rings is 1. The maximum atomic E-state index is 12.6. The fourth-order valence-electron chi connectivity index (χ4n) is 2.84. The van der Waals surface area contributed by atoms with Crippen LogP contribution in [-0.4, -0.2) is 22.9 Å². The van der Waals surface area contributed by atoms with E-state index in [4.69, 9.17) is 4.42 Å². The maximum absolute atomic E-state index is 12.6. The van der Waals surface area contributed by atoms with Crippen molar-refractivity contribution in [3.8, 4) is 0 Å². The molecule has 2 heterocycles. The Morgan fingerprint density at radius 1 is 1.19 bits per heavy atom. The number of aliphatic carboxylic acids is 1. The Morgan fingerprint density at radius 2 is 1.96 bits per heavy atom. The fourth-order valence-corrected chi connectivity index (χ4v) is 3.63. The number of allylic oxidation sites excluding steroid dienone is 2. The van der Waals surface area contributed by atoms with Crippen molar-refractivity contribution in [1.82, 2.24) is 5.32 Å². The normalized spacial score (nSPS) is 19.1. The van der Waals surface area contributed by atoms with Crippen LogP contribution >= 0.6 is 11.3 Å². The maximum Gasteiger partial charge on any atom is 0.307 e. The van der Waals surface area contributed by atoms with Gasteiger partial charge in [0.15, 0.2) is 0 Å². The lowest BCUT2D eigenvalue weighted by atomic mass is 9.82. The number of carboxylic acids is 1. The van der Waals surface area contributed by atoms with Gasteiger partial charge < -0.3 is 20.2 Å². The Kier molecular flexibility index (Phi) is 5.52. The minimum absolute atomic E-state index is 0.240. The van der Waals surface area contributed by atoms with Crippen LogP contribution < -0.4 is 10.6 Å². The fraction of sp³-hybridized carbons (Fsp3) is 0.278. The first-order chi connectivity index (χ1) is 12.6. The van der Waals surface area contributed by atoms with Gasteiger partial charge in [-0.2, -0.15) is 0 Å². The highest BCUT2D eigenvalue weighted by Gasteiger charge is 2.34. The molecule has 3 rings (SSSR count). The van der Waals surface area contributed by atoms with Crippen LogP contribution in [0.5, 0.6) is 0 Å². The van der Waals surface area contributed by atoms with Gasteiger partial charge in [0.05, 0.1) is 30.2 Å². The molecule has 2 aromatic heterocycles. The zero-order chi connectivity index (χ0) is 18.5. The summed E-state index contributed by atoms with van der Waals surface area (Å²) in [6.07, 6.45) is 5.81. The molecule has 0 spiro atoms. The number of anilines is 1. The molecule has 26 heavy (non-hydrogen) atoms. The number of rotatable bonds is 6. The lowest BCUT2D eigenvalue weighted by Crippen LogP contribution is -2.35. The molecule has 1 aliphatic rings. The molecule has 2 amide bonds. The molecule has 0 saturated heterocycles. The van der Waals surface area contributed by atoms with Crippen LogP contribution in [0.1, 0.15) is 29.0 Å². The molecule has 2 aromatic rings. The molecule has 0 fully saturated rings. The van der Waals surface area contributed by atoms with Gasteiger partial charge >= 0.3 is 5.97 Å². The molecule has 2 unspecified atom stereocenters. The summed E-state index contributed by atoms with van der Waals surface area (Å²) in [7, 11) is 0. The first-order valence-electron chi connectivity index (χ1n) is 8.13. The smallest absolute Gasteiger partial charge is 0.307 e. The molecular weight excluding hydrogens is 356 g/mol. The SMILES string of the molecule is O=C(NCc1ccco1)c1ccsc1NC(=O)C1CC=CCC1C(=O)O. The number of furan rings is 1. The second-order valence-electron chi connectivity index (χ2n) is 5.91. The summed E-state index contributed by atoms with van der Waals surface area (Å²) in [5, 5.41) is 16.9. The Labute approximate surface area is 153 Å². The summed E-state index contributed by atoms with van der Waals surface area (Å²) < 4.78 is 5.17. The molecular formula is C18H18N2O5S. The van der Waals surface area contributed by atoms with E-state index in [1.807, 2.05) is 6.08 Å². The van der Waals surface area contributed by atoms with Crippen molar-refractivity contribution in [3.63, 3.8) is 0 Å². The molecule has 7 nitrogen and oxygen atoms in total. The van der Waals surface area contributed by atoms with E-state index < -0.39 is 17.8 Å². The monoisotopic (exact) mass is 374 g/mol. The lowest BCUT2D eigenvalue weighted by Gasteiger charge is -2.24. The van der Waals surface area contributed by atoms with Gasteiger partial charge in [0.1, 0.15) is 10.8 Å². The average Bonchev–Trinajstić information content (AvgIpc) is 3.31. The van der Waals surface area contributed by atoms with E-state index in [1.54, 1.807) is 29.7 Å². The first-order valence-corrected chi connectivity index (χ1v) is 9.01. The summed E-state index contributed by atoms with van der Waals surface area (Å²) in [6.45, 7) is 0.240. The van der Waals surface area contributed by atoms with Crippen molar-refractivity contribution >= 4 is 34.1 Å². The van der Waals surface area contributed by atoms with Crippen LogP contribution in [0.25, 0.3) is 0 Å². The molecule has 136 valence electrons. The van der Waals surface area contributed by atoms with Gasteiger partial charge in [0.25, 0.3) is 5.91 Å². The third-order valence-electron chi connectivity index (χ3n) is 4.24. The van der Waals surface area contributed by atoms with Crippen LogP contribution in [-0.2, 0) is 16.1 Å². The quantitative estimate of drug-likeness (QED) is 0.674. The van der Waals surface area contributed by atoms with Gasteiger partial charge in [0.2, 0.25) is 5.91 Å². The number of hydrogen-bond acceptors (Lipinski definition) is 5. The van der Waals surface area contributed by atoms with Gasteiger partial charge in [-0.15, -0.1) is 11.3 Å². The Balaban J connectivity index is 1.66. The predicted molar refractivity (Wildman–Crippen MR) is 95.8 cm³/mol. The van der Waals surface area contributed by atoms with Crippen LogP contribution in [0, 0.1) is 11.8 Å². The first kappa shape index (κ1) is 17.9. The number of nitrogens with one attached hydrogen (secondary N) is 2. The molecule has 0 radical (unpaired) electrons. The van der Waals surface area contributed by atoms with E-state index in [0.717, 1.165) is 0 Å². The standard InChI is InChI=1S/C18H18N2O5S/c21-15(19-10-11-4-3-8-25-11)14-7-9-26-17(14)20-16(22)12-5-1-2-6-13(12)18(23)24/h1-4,7-9,12-13H,5-6,10H2,(H,19,21)(H,20,22)(H,23,24). The number of carbonyl (C=O) groups is 3. The zero-order valence-electron chi connectivity index (χ0n) is 13.8. The van der Waals surface area contributed by atoms with Gasteiger partial charge in [0, 0.05) is 0 Å². The molecule has 0 bridgehead atoms. The molecule has 0 saturated carbocycles. The highest BCUT2D eigenvalue weighted by Crippen LogP contribution is 2.29. The number of carboxylic acid groups (broad SMARTS) is 1.